The van der Waals surface area contributed by atoms with E-state index in [-0.39, 0.29) is 0 Å². The van der Waals surface area contributed by atoms with Crippen LogP contribution in [0.1, 0.15) is 29.8 Å². The number of rotatable bonds is 3. The third kappa shape index (κ3) is 3.12. The second-order valence-corrected chi connectivity index (χ2v) is 5.58. The second kappa shape index (κ2) is 5.55. The molecule has 1 heterocycles. The highest BCUT2D eigenvalue weighted by molar-refractivity contribution is 7.99. The molecule has 2 aromatic rings. The van der Waals surface area contributed by atoms with E-state index in [1.54, 1.807) is 18.7 Å². The largest absolute Gasteiger partial charge is 0.387 e. The molecule has 0 unspecified atom stereocenters. The molecule has 0 fully saturated rings. The molecule has 0 spiro atoms. The number of hydrogen-bond acceptors (Lipinski definition) is 3. The van der Waals surface area contributed by atoms with Gasteiger partial charge >= 0.3 is 0 Å². The maximum absolute atomic E-state index is 9.41. The van der Waals surface area contributed by atoms with Crippen molar-refractivity contribution in [1.82, 2.24) is 4.98 Å². The number of benzene rings is 1. The van der Waals surface area contributed by atoms with E-state index in [1.807, 2.05) is 18.3 Å². The van der Waals surface area contributed by atoms with Crippen LogP contribution in [0.3, 0.4) is 0 Å². The molecular weight excluding hydrogens is 242 g/mol. The molecule has 1 atom stereocenters. The Bertz CT molecular complexity index is 535. The Hall–Kier alpha value is -1.32. The Kier molecular flexibility index (Phi) is 4.04. The van der Waals surface area contributed by atoms with Crippen LogP contribution >= 0.6 is 11.8 Å². The summed E-state index contributed by atoms with van der Waals surface area (Å²) in [5, 5.41) is 9.41. The van der Waals surface area contributed by atoms with E-state index < -0.39 is 6.10 Å². The van der Waals surface area contributed by atoms with E-state index >= 15 is 0 Å². The molecule has 0 aliphatic rings. The lowest BCUT2D eigenvalue weighted by Gasteiger charge is -2.08. The second-order valence-electron chi connectivity index (χ2n) is 4.47. The Morgan fingerprint density at radius 1 is 1.17 bits per heavy atom. The molecule has 1 aromatic carbocycles. The van der Waals surface area contributed by atoms with E-state index in [9.17, 15) is 5.11 Å². The highest BCUT2D eigenvalue weighted by Gasteiger charge is 2.04. The van der Waals surface area contributed by atoms with Crippen LogP contribution in [0.4, 0.5) is 0 Å². The van der Waals surface area contributed by atoms with E-state index in [2.05, 4.69) is 37.0 Å². The lowest BCUT2D eigenvalue weighted by atomic mass is 10.2. The van der Waals surface area contributed by atoms with Crippen LogP contribution in [0.15, 0.2) is 46.3 Å². The van der Waals surface area contributed by atoms with Crippen molar-refractivity contribution in [2.45, 2.75) is 36.7 Å². The normalized spacial score (nSPS) is 12.4. The van der Waals surface area contributed by atoms with Gasteiger partial charge in [-0.15, -0.1) is 0 Å². The summed E-state index contributed by atoms with van der Waals surface area (Å²) in [6, 6.07) is 10.3. The van der Waals surface area contributed by atoms with E-state index in [1.165, 1.54) is 16.0 Å². The fourth-order valence-electron chi connectivity index (χ4n) is 1.74. The Morgan fingerprint density at radius 2 is 1.94 bits per heavy atom. The maximum atomic E-state index is 9.41. The number of aromatic nitrogens is 1. The highest BCUT2D eigenvalue weighted by atomic mass is 32.2. The number of aliphatic hydroxyl groups is 1. The van der Waals surface area contributed by atoms with Gasteiger partial charge in [-0.25, -0.2) is 0 Å². The van der Waals surface area contributed by atoms with Crippen LogP contribution in [0.5, 0.6) is 0 Å². The van der Waals surface area contributed by atoms with E-state index in [0.29, 0.717) is 5.69 Å². The first kappa shape index (κ1) is 13.1. The lowest BCUT2D eigenvalue weighted by Crippen LogP contribution is -1.94. The molecule has 0 aliphatic heterocycles. The van der Waals surface area contributed by atoms with E-state index in [0.717, 1.165) is 4.90 Å². The summed E-state index contributed by atoms with van der Waals surface area (Å²) in [7, 11) is 0. The van der Waals surface area contributed by atoms with Crippen molar-refractivity contribution < 1.29 is 5.11 Å². The molecule has 0 bridgehead atoms. The van der Waals surface area contributed by atoms with Gasteiger partial charge in [0.05, 0.1) is 11.8 Å². The first-order chi connectivity index (χ1) is 8.56. The van der Waals surface area contributed by atoms with Crippen molar-refractivity contribution in [2.75, 3.05) is 0 Å². The maximum Gasteiger partial charge on any atom is 0.0931 e. The van der Waals surface area contributed by atoms with Gasteiger partial charge in [0.2, 0.25) is 0 Å². The van der Waals surface area contributed by atoms with Crippen LogP contribution in [-0.2, 0) is 0 Å². The molecule has 2 nitrogen and oxygen atoms in total. The minimum absolute atomic E-state index is 0.509. The van der Waals surface area contributed by atoms with Crippen LogP contribution < -0.4 is 0 Å². The summed E-state index contributed by atoms with van der Waals surface area (Å²) in [6.07, 6.45) is 1.30. The van der Waals surface area contributed by atoms with Gasteiger partial charge < -0.3 is 5.11 Å². The number of aliphatic hydroxyl groups excluding tert-OH is 1. The van der Waals surface area contributed by atoms with Crippen molar-refractivity contribution in [1.29, 1.82) is 0 Å². The molecule has 0 aliphatic carbocycles. The monoisotopic (exact) mass is 259 g/mol. The number of pyridine rings is 1. The Morgan fingerprint density at radius 3 is 2.50 bits per heavy atom. The van der Waals surface area contributed by atoms with Gasteiger partial charge in [0, 0.05) is 16.0 Å². The minimum atomic E-state index is -0.509. The van der Waals surface area contributed by atoms with Crippen LogP contribution in [0.25, 0.3) is 0 Å². The van der Waals surface area contributed by atoms with Crippen LogP contribution in [0.2, 0.25) is 0 Å². The summed E-state index contributed by atoms with van der Waals surface area (Å²) in [4.78, 5) is 6.58. The Balaban J connectivity index is 2.18. The zero-order valence-electron chi connectivity index (χ0n) is 10.8. The Labute approximate surface area is 112 Å². The summed E-state index contributed by atoms with van der Waals surface area (Å²) in [6.45, 7) is 5.94. The SMILES string of the molecule is Cc1ccc(Sc2ccc([C@H](C)O)nc2)c(C)c1. The predicted molar refractivity (Wildman–Crippen MR) is 74.9 cm³/mol. The van der Waals surface area contributed by atoms with Gasteiger partial charge in [0.1, 0.15) is 0 Å². The predicted octanol–water partition coefficient (Wildman–Crippen LogP) is 3.90. The number of hydrogen-bond donors (Lipinski definition) is 1. The average molecular weight is 259 g/mol. The van der Waals surface area contributed by atoms with Crippen molar-refractivity contribution in [3.05, 3.63) is 53.3 Å². The van der Waals surface area contributed by atoms with Crippen molar-refractivity contribution in [3.8, 4) is 0 Å². The summed E-state index contributed by atoms with van der Waals surface area (Å²) in [5.74, 6) is 0. The van der Waals surface area contributed by atoms with Crippen LogP contribution in [0, 0.1) is 13.8 Å². The molecular formula is C15H17NOS. The summed E-state index contributed by atoms with van der Waals surface area (Å²) < 4.78 is 0. The molecule has 0 radical (unpaired) electrons. The minimum Gasteiger partial charge on any atom is -0.387 e. The van der Waals surface area contributed by atoms with Gasteiger partial charge in [-0.3, -0.25) is 4.98 Å². The van der Waals surface area contributed by atoms with Crippen molar-refractivity contribution >= 4 is 11.8 Å². The molecule has 0 saturated heterocycles. The number of nitrogens with zero attached hydrogens (tertiary/aromatic N) is 1. The number of aryl methyl sites for hydroxylation is 2. The summed E-state index contributed by atoms with van der Waals surface area (Å²) in [5.41, 5.74) is 3.26. The zero-order chi connectivity index (χ0) is 13.1. The van der Waals surface area contributed by atoms with E-state index in [4.69, 9.17) is 0 Å². The third-order valence-corrected chi connectivity index (χ3v) is 3.90. The standard InChI is InChI=1S/C15H17NOS/c1-10-4-7-15(11(2)8-10)18-13-5-6-14(12(3)17)16-9-13/h4-9,12,17H,1-3H3/t12-/m0/s1. The highest BCUT2D eigenvalue weighted by Crippen LogP contribution is 2.30. The molecule has 3 heteroatoms. The van der Waals surface area contributed by atoms with Crippen LogP contribution in [-0.4, -0.2) is 10.1 Å². The van der Waals surface area contributed by atoms with Crippen molar-refractivity contribution in [3.63, 3.8) is 0 Å². The molecule has 18 heavy (non-hydrogen) atoms. The molecule has 94 valence electrons. The van der Waals surface area contributed by atoms with Gasteiger partial charge in [0.15, 0.2) is 0 Å². The quantitative estimate of drug-likeness (QED) is 0.907. The third-order valence-electron chi connectivity index (χ3n) is 2.75. The molecule has 0 amide bonds. The van der Waals surface area contributed by atoms with Gasteiger partial charge in [-0.1, -0.05) is 29.5 Å². The molecule has 1 aromatic heterocycles. The topological polar surface area (TPSA) is 33.1 Å². The van der Waals surface area contributed by atoms with Gasteiger partial charge in [-0.05, 0) is 44.5 Å². The first-order valence-corrected chi connectivity index (χ1v) is 6.77. The fraction of sp³-hybridized carbons (Fsp3) is 0.267. The molecule has 2 rings (SSSR count). The first-order valence-electron chi connectivity index (χ1n) is 5.95. The van der Waals surface area contributed by atoms with Crippen molar-refractivity contribution in [2.24, 2.45) is 0 Å². The smallest absolute Gasteiger partial charge is 0.0931 e. The molecule has 1 N–H and O–H groups in total. The summed E-state index contributed by atoms with van der Waals surface area (Å²) >= 11 is 1.70. The lowest BCUT2D eigenvalue weighted by molar-refractivity contribution is 0.194. The average Bonchev–Trinajstić information content (AvgIpc) is 2.33. The molecule has 0 saturated carbocycles. The van der Waals surface area contributed by atoms with Gasteiger partial charge in [-0.2, -0.15) is 0 Å². The zero-order valence-corrected chi connectivity index (χ0v) is 11.7. The van der Waals surface area contributed by atoms with Gasteiger partial charge in [0.25, 0.3) is 0 Å². The fourth-order valence-corrected chi connectivity index (χ4v) is 2.59.